The summed E-state index contributed by atoms with van der Waals surface area (Å²) in [5.74, 6) is 2.10. The zero-order chi connectivity index (χ0) is 14.2. The number of piperidine rings is 1. The molecule has 2 rings (SSSR count). The molecule has 1 fully saturated rings. The Bertz CT molecular complexity index is 384. The van der Waals surface area contributed by atoms with Crippen LogP contribution in [0.25, 0.3) is 0 Å². The van der Waals surface area contributed by atoms with Gasteiger partial charge in [-0.25, -0.2) is 4.98 Å². The highest BCUT2D eigenvalue weighted by Gasteiger charge is 2.19. The lowest BCUT2D eigenvalue weighted by Crippen LogP contribution is -2.34. The van der Waals surface area contributed by atoms with Crippen LogP contribution >= 0.6 is 0 Å². The molecule has 1 aliphatic heterocycles. The Morgan fingerprint density at radius 1 is 1.25 bits per heavy atom. The Balaban J connectivity index is 1.87. The summed E-state index contributed by atoms with van der Waals surface area (Å²) >= 11 is 0. The molecule has 0 spiro atoms. The molecular formula is C17H29N3. The Labute approximate surface area is 123 Å². The van der Waals surface area contributed by atoms with Crippen LogP contribution in [0.5, 0.6) is 0 Å². The number of rotatable bonds is 7. The highest BCUT2D eigenvalue weighted by molar-refractivity contribution is 5.41. The summed E-state index contributed by atoms with van der Waals surface area (Å²) in [6, 6.07) is 4.37. The van der Waals surface area contributed by atoms with Crippen LogP contribution in [0.3, 0.4) is 0 Å². The first-order valence-electron chi connectivity index (χ1n) is 8.24. The number of nitrogens with zero attached hydrogens (tertiary/aromatic N) is 2. The highest BCUT2D eigenvalue weighted by Crippen LogP contribution is 2.25. The van der Waals surface area contributed by atoms with E-state index in [0.29, 0.717) is 0 Å². The number of anilines is 1. The Morgan fingerprint density at radius 2 is 2.05 bits per heavy atom. The monoisotopic (exact) mass is 275 g/mol. The van der Waals surface area contributed by atoms with Crippen LogP contribution in [0.1, 0.15) is 51.5 Å². The van der Waals surface area contributed by atoms with Gasteiger partial charge >= 0.3 is 0 Å². The molecule has 0 unspecified atom stereocenters. The van der Waals surface area contributed by atoms with Crippen molar-refractivity contribution in [3.8, 4) is 0 Å². The van der Waals surface area contributed by atoms with E-state index in [1.807, 2.05) is 6.20 Å². The Morgan fingerprint density at radius 3 is 2.75 bits per heavy atom. The maximum Gasteiger partial charge on any atom is 0.128 e. The van der Waals surface area contributed by atoms with Crippen LogP contribution < -0.4 is 10.2 Å². The lowest BCUT2D eigenvalue weighted by Gasteiger charge is -2.32. The predicted octanol–water partition coefficient (Wildman–Crippen LogP) is 3.60. The second-order valence-corrected chi connectivity index (χ2v) is 5.92. The van der Waals surface area contributed by atoms with E-state index in [2.05, 4.69) is 41.2 Å². The average Bonchev–Trinajstić information content (AvgIpc) is 2.49. The summed E-state index contributed by atoms with van der Waals surface area (Å²) in [4.78, 5) is 7.01. The van der Waals surface area contributed by atoms with Gasteiger partial charge in [0.05, 0.1) is 0 Å². The molecular weight excluding hydrogens is 246 g/mol. The molecule has 1 N–H and O–H groups in total. The number of aromatic nitrogens is 1. The third-order valence-corrected chi connectivity index (χ3v) is 4.20. The van der Waals surface area contributed by atoms with Gasteiger partial charge in [-0.3, -0.25) is 0 Å². The third-order valence-electron chi connectivity index (χ3n) is 4.20. The fraction of sp³-hybridized carbons (Fsp3) is 0.706. The fourth-order valence-electron chi connectivity index (χ4n) is 3.01. The molecule has 0 bridgehead atoms. The van der Waals surface area contributed by atoms with E-state index >= 15 is 0 Å². The van der Waals surface area contributed by atoms with E-state index in [1.54, 1.807) is 0 Å². The summed E-state index contributed by atoms with van der Waals surface area (Å²) in [6.07, 6.45) is 8.50. The SMILES string of the molecule is CCCNCc1ccnc(N2CCC(CCC)CC2)c1. The van der Waals surface area contributed by atoms with Gasteiger partial charge in [-0.05, 0) is 49.4 Å². The van der Waals surface area contributed by atoms with E-state index in [0.717, 1.165) is 24.8 Å². The van der Waals surface area contributed by atoms with Crippen LogP contribution in [0.15, 0.2) is 18.3 Å². The van der Waals surface area contributed by atoms with Crippen LogP contribution in [0.4, 0.5) is 5.82 Å². The maximum atomic E-state index is 4.56. The molecule has 3 nitrogen and oxygen atoms in total. The lowest BCUT2D eigenvalue weighted by molar-refractivity contribution is 0.377. The smallest absolute Gasteiger partial charge is 0.128 e. The van der Waals surface area contributed by atoms with Crippen molar-refractivity contribution in [1.82, 2.24) is 10.3 Å². The van der Waals surface area contributed by atoms with E-state index in [9.17, 15) is 0 Å². The normalized spacial score (nSPS) is 16.6. The summed E-state index contributed by atoms with van der Waals surface area (Å²) < 4.78 is 0. The molecule has 1 aromatic heterocycles. The Kier molecular flexibility index (Phi) is 6.31. The summed E-state index contributed by atoms with van der Waals surface area (Å²) in [7, 11) is 0. The zero-order valence-electron chi connectivity index (χ0n) is 13.1. The number of hydrogen-bond acceptors (Lipinski definition) is 3. The minimum absolute atomic E-state index is 0.936. The van der Waals surface area contributed by atoms with Crippen molar-refractivity contribution in [3.05, 3.63) is 23.9 Å². The van der Waals surface area contributed by atoms with E-state index in [4.69, 9.17) is 0 Å². The first-order chi connectivity index (χ1) is 9.83. The van der Waals surface area contributed by atoms with Gasteiger partial charge in [-0.2, -0.15) is 0 Å². The van der Waals surface area contributed by atoms with Crippen molar-refractivity contribution in [3.63, 3.8) is 0 Å². The van der Waals surface area contributed by atoms with Gasteiger partial charge in [0.15, 0.2) is 0 Å². The molecule has 112 valence electrons. The molecule has 0 atom stereocenters. The second kappa shape index (κ2) is 8.25. The molecule has 0 amide bonds. The molecule has 1 aromatic rings. The minimum Gasteiger partial charge on any atom is -0.357 e. The summed E-state index contributed by atoms with van der Waals surface area (Å²) in [5, 5.41) is 3.46. The number of hydrogen-bond donors (Lipinski definition) is 1. The van der Waals surface area contributed by atoms with Gasteiger partial charge in [0, 0.05) is 25.8 Å². The van der Waals surface area contributed by atoms with Crippen molar-refractivity contribution >= 4 is 5.82 Å². The van der Waals surface area contributed by atoms with Gasteiger partial charge < -0.3 is 10.2 Å². The van der Waals surface area contributed by atoms with Crippen molar-refractivity contribution < 1.29 is 0 Å². The molecule has 3 heteroatoms. The van der Waals surface area contributed by atoms with Crippen molar-refractivity contribution in [1.29, 1.82) is 0 Å². The van der Waals surface area contributed by atoms with Gasteiger partial charge in [0.2, 0.25) is 0 Å². The van der Waals surface area contributed by atoms with Gasteiger partial charge in [0.25, 0.3) is 0 Å². The molecule has 1 saturated heterocycles. The Hall–Kier alpha value is -1.09. The summed E-state index contributed by atoms with van der Waals surface area (Å²) in [5.41, 5.74) is 1.35. The van der Waals surface area contributed by atoms with E-state index < -0.39 is 0 Å². The second-order valence-electron chi connectivity index (χ2n) is 5.92. The van der Waals surface area contributed by atoms with Crippen LogP contribution in [-0.2, 0) is 6.54 Å². The van der Waals surface area contributed by atoms with E-state index in [-0.39, 0.29) is 0 Å². The first-order valence-corrected chi connectivity index (χ1v) is 8.24. The molecule has 0 radical (unpaired) electrons. The highest BCUT2D eigenvalue weighted by atomic mass is 15.2. The molecule has 0 aliphatic carbocycles. The molecule has 0 aromatic carbocycles. The van der Waals surface area contributed by atoms with E-state index in [1.165, 1.54) is 50.8 Å². The van der Waals surface area contributed by atoms with Crippen LogP contribution in [0, 0.1) is 5.92 Å². The molecule has 0 saturated carbocycles. The maximum absolute atomic E-state index is 4.56. The summed E-state index contributed by atoms with van der Waals surface area (Å²) in [6.45, 7) is 8.87. The van der Waals surface area contributed by atoms with Gasteiger partial charge in [-0.1, -0.05) is 26.7 Å². The van der Waals surface area contributed by atoms with Gasteiger partial charge in [-0.15, -0.1) is 0 Å². The lowest BCUT2D eigenvalue weighted by atomic mass is 9.92. The van der Waals surface area contributed by atoms with Crippen molar-refractivity contribution in [2.45, 2.75) is 52.5 Å². The van der Waals surface area contributed by atoms with Crippen molar-refractivity contribution in [2.24, 2.45) is 5.92 Å². The number of nitrogens with one attached hydrogen (secondary N) is 1. The predicted molar refractivity (Wildman–Crippen MR) is 86.1 cm³/mol. The van der Waals surface area contributed by atoms with Crippen LogP contribution in [-0.4, -0.2) is 24.6 Å². The number of pyridine rings is 1. The fourth-order valence-corrected chi connectivity index (χ4v) is 3.01. The largest absolute Gasteiger partial charge is 0.357 e. The topological polar surface area (TPSA) is 28.2 Å². The quantitative estimate of drug-likeness (QED) is 0.771. The third kappa shape index (κ3) is 4.48. The molecule has 20 heavy (non-hydrogen) atoms. The average molecular weight is 275 g/mol. The van der Waals surface area contributed by atoms with Crippen LogP contribution in [0.2, 0.25) is 0 Å². The zero-order valence-corrected chi connectivity index (χ0v) is 13.1. The molecule has 2 heterocycles. The van der Waals surface area contributed by atoms with Gasteiger partial charge in [0.1, 0.15) is 5.82 Å². The van der Waals surface area contributed by atoms with Crippen molar-refractivity contribution in [2.75, 3.05) is 24.5 Å². The standard InChI is InChI=1S/C17H29N3/c1-3-5-15-7-11-20(12-8-15)17-13-16(6-10-19-17)14-18-9-4-2/h6,10,13,15,18H,3-5,7-9,11-12,14H2,1-2H3. The molecule has 1 aliphatic rings. The first kappa shape index (κ1) is 15.3. The minimum atomic E-state index is 0.936.